The molecule has 1 amide bonds. The number of fused-ring (bicyclic) bond motifs is 1. The lowest BCUT2D eigenvalue weighted by Gasteiger charge is -2.17. The van der Waals surface area contributed by atoms with Crippen LogP contribution in [0.15, 0.2) is 42.7 Å². The maximum Gasteiger partial charge on any atom is 0.255 e. The first-order valence-electron chi connectivity index (χ1n) is 7.33. The summed E-state index contributed by atoms with van der Waals surface area (Å²) >= 11 is 0. The largest absolute Gasteiger partial charge is 0.492 e. The number of aliphatic hydroxyl groups is 1. The van der Waals surface area contributed by atoms with Gasteiger partial charge in [0.2, 0.25) is 0 Å². The molecular formula is C17H18N2O3. The van der Waals surface area contributed by atoms with Crippen molar-refractivity contribution in [2.75, 3.05) is 13.2 Å². The Morgan fingerprint density at radius 2 is 2.27 bits per heavy atom. The monoisotopic (exact) mass is 298 g/mol. The molecule has 22 heavy (non-hydrogen) atoms. The third-order valence-corrected chi connectivity index (χ3v) is 3.72. The topological polar surface area (TPSA) is 71.5 Å². The quantitative estimate of drug-likeness (QED) is 0.874. The summed E-state index contributed by atoms with van der Waals surface area (Å²) in [6, 6.07) is 8.98. The number of hydrogen-bond donors (Lipinski definition) is 2. The molecule has 3 rings (SSSR count). The van der Waals surface area contributed by atoms with Crippen molar-refractivity contribution >= 4 is 5.91 Å². The lowest BCUT2D eigenvalue weighted by molar-refractivity contribution is 0.0913. The Balaban J connectivity index is 1.71. The number of pyridine rings is 1. The second-order valence-electron chi connectivity index (χ2n) is 5.31. The molecule has 2 N–H and O–H groups in total. The SMILES string of the molecule is O=C(NC(CO)Cc1cccnc1)c1cccc2c1OCC2. The van der Waals surface area contributed by atoms with Crippen LogP contribution in [0.3, 0.4) is 0 Å². The molecular weight excluding hydrogens is 280 g/mol. The smallest absolute Gasteiger partial charge is 0.255 e. The van der Waals surface area contributed by atoms with E-state index in [1.165, 1.54) is 0 Å². The van der Waals surface area contributed by atoms with Crippen LogP contribution < -0.4 is 10.1 Å². The first-order chi connectivity index (χ1) is 10.8. The van der Waals surface area contributed by atoms with Gasteiger partial charge in [-0.1, -0.05) is 18.2 Å². The summed E-state index contributed by atoms with van der Waals surface area (Å²) in [5.41, 5.74) is 2.55. The Kier molecular flexibility index (Phi) is 4.34. The lowest BCUT2D eigenvalue weighted by atomic mass is 10.1. The number of amides is 1. The van der Waals surface area contributed by atoms with Crippen LogP contribution in [0.5, 0.6) is 5.75 Å². The maximum atomic E-state index is 12.4. The number of nitrogens with one attached hydrogen (secondary N) is 1. The Labute approximate surface area is 129 Å². The summed E-state index contributed by atoms with van der Waals surface area (Å²) in [5.74, 6) is 0.444. The summed E-state index contributed by atoms with van der Waals surface area (Å²) < 4.78 is 5.55. The van der Waals surface area contributed by atoms with Gasteiger partial charge in [-0.05, 0) is 29.7 Å². The minimum atomic E-state index is -0.353. The second kappa shape index (κ2) is 6.58. The fourth-order valence-corrected chi connectivity index (χ4v) is 2.62. The van der Waals surface area contributed by atoms with E-state index in [0.29, 0.717) is 24.3 Å². The molecule has 0 radical (unpaired) electrons. The van der Waals surface area contributed by atoms with E-state index in [0.717, 1.165) is 17.5 Å². The number of ether oxygens (including phenoxy) is 1. The molecule has 114 valence electrons. The number of benzene rings is 1. The second-order valence-corrected chi connectivity index (χ2v) is 5.31. The van der Waals surface area contributed by atoms with Crippen LogP contribution in [-0.4, -0.2) is 35.3 Å². The maximum absolute atomic E-state index is 12.4. The van der Waals surface area contributed by atoms with Gasteiger partial charge in [-0.15, -0.1) is 0 Å². The zero-order valence-electron chi connectivity index (χ0n) is 12.2. The fourth-order valence-electron chi connectivity index (χ4n) is 2.62. The van der Waals surface area contributed by atoms with E-state index < -0.39 is 0 Å². The van der Waals surface area contributed by atoms with Gasteiger partial charge in [0, 0.05) is 18.8 Å². The van der Waals surface area contributed by atoms with Crippen molar-refractivity contribution < 1.29 is 14.6 Å². The molecule has 2 heterocycles. The van der Waals surface area contributed by atoms with Crippen LogP contribution >= 0.6 is 0 Å². The molecule has 1 atom stereocenters. The standard InChI is InChI=1S/C17H18N2O3/c20-11-14(9-12-3-2-7-18-10-12)19-17(21)15-5-1-4-13-6-8-22-16(13)15/h1-5,7,10,14,20H,6,8-9,11H2,(H,19,21). The predicted octanol–water partition coefficient (Wildman–Crippen LogP) is 1.35. The molecule has 5 heteroatoms. The van der Waals surface area contributed by atoms with Gasteiger partial charge in [0.15, 0.2) is 0 Å². The summed E-state index contributed by atoms with van der Waals surface area (Å²) in [6.45, 7) is 0.481. The van der Waals surface area contributed by atoms with Gasteiger partial charge in [-0.25, -0.2) is 0 Å². The summed E-state index contributed by atoms with van der Waals surface area (Å²) in [5, 5.41) is 12.4. The normalized spacial score (nSPS) is 14.0. The number of carbonyl (C=O) groups is 1. The Bertz CT molecular complexity index is 658. The van der Waals surface area contributed by atoms with Gasteiger partial charge in [0.05, 0.1) is 24.8 Å². The fraction of sp³-hybridized carbons (Fsp3) is 0.294. The van der Waals surface area contributed by atoms with Crippen molar-refractivity contribution in [3.63, 3.8) is 0 Å². The van der Waals surface area contributed by atoms with Crippen molar-refractivity contribution in [3.05, 3.63) is 59.4 Å². The summed E-state index contributed by atoms with van der Waals surface area (Å²) in [6.07, 6.45) is 4.79. The minimum absolute atomic E-state index is 0.128. The van der Waals surface area contributed by atoms with Gasteiger partial charge in [-0.2, -0.15) is 0 Å². The van der Waals surface area contributed by atoms with E-state index in [1.54, 1.807) is 18.5 Å². The van der Waals surface area contributed by atoms with Gasteiger partial charge < -0.3 is 15.2 Å². The molecule has 1 aromatic carbocycles. The molecule has 0 saturated carbocycles. The molecule has 0 spiro atoms. The number of hydrogen-bond acceptors (Lipinski definition) is 4. The highest BCUT2D eigenvalue weighted by Crippen LogP contribution is 2.29. The molecule has 0 aliphatic carbocycles. The van der Waals surface area contributed by atoms with Gasteiger partial charge in [-0.3, -0.25) is 9.78 Å². The van der Waals surface area contributed by atoms with Crippen molar-refractivity contribution in [1.29, 1.82) is 0 Å². The lowest BCUT2D eigenvalue weighted by Crippen LogP contribution is -2.39. The van der Waals surface area contributed by atoms with E-state index in [-0.39, 0.29) is 18.6 Å². The number of aliphatic hydroxyl groups excluding tert-OH is 1. The van der Waals surface area contributed by atoms with Crippen LogP contribution in [0, 0.1) is 0 Å². The average Bonchev–Trinajstić information content (AvgIpc) is 3.03. The Hall–Kier alpha value is -2.40. The zero-order valence-corrected chi connectivity index (χ0v) is 12.2. The van der Waals surface area contributed by atoms with Crippen LogP contribution in [0.1, 0.15) is 21.5 Å². The van der Waals surface area contributed by atoms with Crippen LogP contribution in [0.25, 0.3) is 0 Å². The highest BCUT2D eigenvalue weighted by molar-refractivity contribution is 5.97. The molecule has 0 saturated heterocycles. The van der Waals surface area contributed by atoms with E-state index in [9.17, 15) is 9.90 Å². The molecule has 0 bridgehead atoms. The van der Waals surface area contributed by atoms with Crippen molar-refractivity contribution in [1.82, 2.24) is 10.3 Å². The van der Waals surface area contributed by atoms with Crippen molar-refractivity contribution in [2.24, 2.45) is 0 Å². The summed E-state index contributed by atoms with van der Waals surface area (Å²) in [4.78, 5) is 16.5. The van der Waals surface area contributed by atoms with Crippen molar-refractivity contribution in [3.8, 4) is 5.75 Å². The highest BCUT2D eigenvalue weighted by atomic mass is 16.5. The van der Waals surface area contributed by atoms with Crippen LogP contribution in [-0.2, 0) is 12.8 Å². The Morgan fingerprint density at radius 3 is 3.05 bits per heavy atom. The molecule has 5 nitrogen and oxygen atoms in total. The third-order valence-electron chi connectivity index (χ3n) is 3.72. The van der Waals surface area contributed by atoms with Crippen LogP contribution in [0.2, 0.25) is 0 Å². The number of aromatic nitrogens is 1. The molecule has 1 unspecified atom stereocenters. The van der Waals surface area contributed by atoms with Gasteiger partial charge >= 0.3 is 0 Å². The van der Waals surface area contributed by atoms with Gasteiger partial charge in [0.25, 0.3) is 5.91 Å². The number of carbonyl (C=O) groups excluding carboxylic acids is 1. The number of rotatable bonds is 5. The average molecular weight is 298 g/mol. The molecule has 1 aliphatic heterocycles. The molecule has 1 aromatic heterocycles. The van der Waals surface area contributed by atoms with Crippen LogP contribution in [0.4, 0.5) is 0 Å². The highest BCUT2D eigenvalue weighted by Gasteiger charge is 2.22. The van der Waals surface area contributed by atoms with E-state index in [1.807, 2.05) is 24.3 Å². The number of para-hydroxylation sites is 1. The first kappa shape index (κ1) is 14.5. The molecule has 0 fully saturated rings. The Morgan fingerprint density at radius 1 is 1.36 bits per heavy atom. The molecule has 1 aliphatic rings. The minimum Gasteiger partial charge on any atom is -0.492 e. The van der Waals surface area contributed by atoms with Crippen molar-refractivity contribution in [2.45, 2.75) is 18.9 Å². The molecule has 2 aromatic rings. The number of nitrogens with zero attached hydrogens (tertiary/aromatic N) is 1. The first-order valence-corrected chi connectivity index (χ1v) is 7.33. The van der Waals surface area contributed by atoms with Gasteiger partial charge in [0.1, 0.15) is 5.75 Å². The van der Waals surface area contributed by atoms with E-state index in [2.05, 4.69) is 10.3 Å². The zero-order chi connectivity index (χ0) is 15.4. The summed E-state index contributed by atoms with van der Waals surface area (Å²) in [7, 11) is 0. The van der Waals surface area contributed by atoms with E-state index >= 15 is 0 Å². The predicted molar refractivity (Wildman–Crippen MR) is 81.9 cm³/mol. The third kappa shape index (κ3) is 3.09. The van der Waals surface area contributed by atoms with E-state index in [4.69, 9.17) is 4.74 Å².